The summed E-state index contributed by atoms with van der Waals surface area (Å²) in [6.07, 6.45) is 0. The quantitative estimate of drug-likeness (QED) is 0.847. The predicted octanol–water partition coefficient (Wildman–Crippen LogP) is 1.87. The molecule has 0 radical (unpaired) electrons. The van der Waals surface area contributed by atoms with Crippen LogP contribution in [0.5, 0.6) is 0 Å². The van der Waals surface area contributed by atoms with Crippen LogP contribution in [0, 0.1) is 6.92 Å². The Balaban J connectivity index is 2.50. The molecule has 1 heterocycles. The van der Waals surface area contributed by atoms with Gasteiger partial charge in [0.05, 0.1) is 16.2 Å². The molecule has 2 aromatic rings. The second-order valence-corrected chi connectivity index (χ2v) is 6.02. The van der Waals surface area contributed by atoms with Crippen LogP contribution in [0.3, 0.4) is 0 Å². The highest BCUT2D eigenvalue weighted by Crippen LogP contribution is 2.22. The fourth-order valence-corrected chi connectivity index (χ4v) is 2.18. The highest BCUT2D eigenvalue weighted by molar-refractivity contribution is 8.13. The molecule has 0 fully saturated rings. The SMILES string of the molecule is Cc1c(-c2ccc(S(=O)(=O)Cl)cc2)[nH]oc1=O. The molecule has 1 aromatic heterocycles. The van der Waals surface area contributed by atoms with Gasteiger partial charge in [-0.1, -0.05) is 12.1 Å². The first-order valence-electron chi connectivity index (χ1n) is 4.63. The summed E-state index contributed by atoms with van der Waals surface area (Å²) in [5, 5.41) is 2.48. The van der Waals surface area contributed by atoms with E-state index in [1.807, 2.05) is 0 Å². The van der Waals surface area contributed by atoms with Gasteiger partial charge in [0, 0.05) is 16.2 Å². The molecule has 17 heavy (non-hydrogen) atoms. The summed E-state index contributed by atoms with van der Waals surface area (Å²) < 4.78 is 26.7. The third kappa shape index (κ3) is 2.27. The van der Waals surface area contributed by atoms with E-state index in [1.165, 1.54) is 12.1 Å². The summed E-state index contributed by atoms with van der Waals surface area (Å²) in [4.78, 5) is 11.1. The average Bonchev–Trinajstić information content (AvgIpc) is 2.59. The Morgan fingerprint density at radius 1 is 1.24 bits per heavy atom. The largest absolute Gasteiger partial charge is 0.360 e. The van der Waals surface area contributed by atoms with Crippen molar-refractivity contribution in [2.24, 2.45) is 0 Å². The second kappa shape index (κ2) is 4.05. The zero-order valence-corrected chi connectivity index (χ0v) is 10.3. The second-order valence-electron chi connectivity index (χ2n) is 3.45. The molecule has 0 aliphatic carbocycles. The van der Waals surface area contributed by atoms with Gasteiger partial charge in [0.1, 0.15) is 0 Å². The molecule has 0 amide bonds. The van der Waals surface area contributed by atoms with E-state index in [-0.39, 0.29) is 4.90 Å². The van der Waals surface area contributed by atoms with Crippen molar-refractivity contribution in [3.8, 4) is 11.3 Å². The van der Waals surface area contributed by atoms with Gasteiger partial charge in [0.25, 0.3) is 9.05 Å². The van der Waals surface area contributed by atoms with Crippen LogP contribution in [0.2, 0.25) is 0 Å². The summed E-state index contributed by atoms with van der Waals surface area (Å²) in [5.41, 5.74) is 1.16. The fourth-order valence-electron chi connectivity index (χ4n) is 1.41. The van der Waals surface area contributed by atoms with E-state index in [0.717, 1.165) is 0 Å². The van der Waals surface area contributed by atoms with Crippen molar-refractivity contribution in [3.63, 3.8) is 0 Å². The van der Waals surface area contributed by atoms with Gasteiger partial charge in [-0.25, -0.2) is 18.4 Å². The molecule has 0 bridgehead atoms. The van der Waals surface area contributed by atoms with Gasteiger partial charge in [0.2, 0.25) is 0 Å². The molecule has 0 spiro atoms. The summed E-state index contributed by atoms with van der Waals surface area (Å²) in [5.74, 6) is 0. The minimum absolute atomic E-state index is 0.00594. The third-order valence-corrected chi connectivity index (χ3v) is 3.72. The monoisotopic (exact) mass is 273 g/mol. The van der Waals surface area contributed by atoms with Crippen LogP contribution in [0.15, 0.2) is 38.5 Å². The first-order valence-corrected chi connectivity index (χ1v) is 6.93. The van der Waals surface area contributed by atoms with Crippen molar-refractivity contribution in [3.05, 3.63) is 40.2 Å². The molecular formula is C10H8ClNO4S. The molecule has 0 aliphatic heterocycles. The molecular weight excluding hydrogens is 266 g/mol. The van der Waals surface area contributed by atoms with Gasteiger partial charge in [-0.2, -0.15) is 0 Å². The Hall–Kier alpha value is -1.53. The molecule has 0 unspecified atom stereocenters. The fraction of sp³-hybridized carbons (Fsp3) is 0.100. The lowest BCUT2D eigenvalue weighted by molar-refractivity contribution is 0.393. The average molecular weight is 274 g/mol. The molecule has 1 aromatic carbocycles. The minimum Gasteiger partial charge on any atom is -0.338 e. The van der Waals surface area contributed by atoms with Crippen LogP contribution in [-0.4, -0.2) is 13.6 Å². The topological polar surface area (TPSA) is 80.1 Å². The number of H-pyrrole nitrogens is 1. The first-order chi connectivity index (χ1) is 7.89. The van der Waals surface area contributed by atoms with Crippen molar-refractivity contribution in [2.75, 3.05) is 0 Å². The van der Waals surface area contributed by atoms with Crippen molar-refractivity contribution in [2.45, 2.75) is 11.8 Å². The molecule has 2 rings (SSSR count). The number of benzene rings is 1. The summed E-state index contributed by atoms with van der Waals surface area (Å²) >= 11 is 0. The van der Waals surface area contributed by atoms with Gasteiger partial charge >= 0.3 is 5.63 Å². The number of nitrogens with one attached hydrogen (secondary N) is 1. The maximum atomic E-state index is 11.1. The minimum atomic E-state index is -3.73. The van der Waals surface area contributed by atoms with E-state index in [4.69, 9.17) is 10.7 Å². The molecule has 0 saturated heterocycles. The number of rotatable bonds is 2. The highest BCUT2D eigenvalue weighted by atomic mass is 35.7. The lowest BCUT2D eigenvalue weighted by Gasteiger charge is -1.99. The van der Waals surface area contributed by atoms with Crippen molar-refractivity contribution >= 4 is 19.7 Å². The predicted molar refractivity (Wildman–Crippen MR) is 62.5 cm³/mol. The molecule has 0 aliphatic rings. The third-order valence-electron chi connectivity index (χ3n) is 2.35. The van der Waals surface area contributed by atoms with E-state index >= 15 is 0 Å². The van der Waals surface area contributed by atoms with Gasteiger partial charge in [-0.3, -0.25) is 0 Å². The Kier molecular flexibility index (Phi) is 2.84. The van der Waals surface area contributed by atoms with Gasteiger partial charge in [0.15, 0.2) is 0 Å². The number of halogens is 1. The van der Waals surface area contributed by atoms with Gasteiger partial charge in [-0.05, 0) is 19.1 Å². The van der Waals surface area contributed by atoms with Crippen LogP contribution < -0.4 is 5.63 Å². The Bertz CT molecular complexity index is 697. The summed E-state index contributed by atoms with van der Waals surface area (Å²) in [6.45, 7) is 1.61. The van der Waals surface area contributed by atoms with Crippen molar-refractivity contribution in [1.29, 1.82) is 0 Å². The Labute approximate surface area is 101 Å². The molecule has 1 N–H and O–H groups in total. The van der Waals surface area contributed by atoms with Gasteiger partial charge < -0.3 is 4.52 Å². The lowest BCUT2D eigenvalue weighted by Crippen LogP contribution is -1.95. The molecule has 5 nitrogen and oxygen atoms in total. The van der Waals surface area contributed by atoms with Gasteiger partial charge in [-0.15, -0.1) is 0 Å². The number of aromatic amines is 1. The first kappa shape index (κ1) is 11.9. The van der Waals surface area contributed by atoms with Crippen molar-refractivity contribution < 1.29 is 12.9 Å². The Morgan fingerprint density at radius 3 is 2.24 bits per heavy atom. The van der Waals surface area contributed by atoms with Crippen LogP contribution in [0.25, 0.3) is 11.3 Å². The van der Waals surface area contributed by atoms with Crippen LogP contribution >= 0.6 is 10.7 Å². The summed E-state index contributed by atoms with van der Waals surface area (Å²) in [7, 11) is 1.46. The smallest absolute Gasteiger partial charge is 0.338 e. The van der Waals surface area contributed by atoms with Crippen LogP contribution in [0.4, 0.5) is 0 Å². The summed E-state index contributed by atoms with van der Waals surface area (Å²) in [6, 6.07) is 5.82. The van der Waals surface area contributed by atoms with E-state index < -0.39 is 14.7 Å². The maximum absolute atomic E-state index is 11.1. The Morgan fingerprint density at radius 2 is 1.82 bits per heavy atom. The lowest BCUT2D eigenvalue weighted by atomic mass is 10.1. The number of hydrogen-bond acceptors (Lipinski definition) is 4. The molecule has 0 atom stereocenters. The standard InChI is InChI=1S/C10H8ClNO4S/c1-6-9(12-16-10(6)13)7-2-4-8(5-3-7)17(11,14)15/h2-5,12H,1H3. The van der Waals surface area contributed by atoms with Crippen molar-refractivity contribution in [1.82, 2.24) is 5.16 Å². The number of aromatic nitrogens is 1. The molecule has 90 valence electrons. The van der Waals surface area contributed by atoms with E-state index in [0.29, 0.717) is 16.8 Å². The zero-order valence-electron chi connectivity index (χ0n) is 8.73. The highest BCUT2D eigenvalue weighted by Gasteiger charge is 2.12. The van der Waals surface area contributed by atoms with Crippen LogP contribution in [-0.2, 0) is 9.05 Å². The molecule has 0 saturated carbocycles. The van der Waals surface area contributed by atoms with E-state index in [9.17, 15) is 13.2 Å². The van der Waals surface area contributed by atoms with Crippen LogP contribution in [0.1, 0.15) is 5.56 Å². The number of hydrogen-bond donors (Lipinski definition) is 1. The van der Waals surface area contributed by atoms with E-state index in [2.05, 4.69) is 9.68 Å². The normalized spacial score (nSPS) is 11.6. The zero-order chi connectivity index (χ0) is 12.6. The molecule has 7 heteroatoms. The van der Waals surface area contributed by atoms with E-state index in [1.54, 1.807) is 19.1 Å². The maximum Gasteiger partial charge on any atom is 0.360 e.